The lowest BCUT2D eigenvalue weighted by Gasteiger charge is -2.19. The van der Waals surface area contributed by atoms with E-state index < -0.39 is 32.2 Å². The molecule has 0 radical (unpaired) electrons. The molecule has 1 heterocycles. The van der Waals surface area contributed by atoms with E-state index in [0.717, 1.165) is 0 Å². The maximum Gasteiger partial charge on any atom is 0.330 e. The van der Waals surface area contributed by atoms with Gasteiger partial charge in [-0.2, -0.15) is 0 Å². The van der Waals surface area contributed by atoms with Crippen molar-refractivity contribution in [3.8, 4) is 0 Å². The fraction of sp³-hybridized carbons (Fsp3) is 1.00. The Balaban J connectivity index is 2.50. The van der Waals surface area contributed by atoms with Crippen molar-refractivity contribution < 1.29 is 33.7 Å². The van der Waals surface area contributed by atoms with Crippen LogP contribution >= 0.6 is 7.60 Å². The fourth-order valence-corrected chi connectivity index (χ4v) is 3.50. The Labute approximate surface area is 106 Å². The van der Waals surface area contributed by atoms with Gasteiger partial charge < -0.3 is 29.1 Å². The van der Waals surface area contributed by atoms with E-state index in [4.69, 9.17) is 13.8 Å². The van der Waals surface area contributed by atoms with E-state index in [9.17, 15) is 19.9 Å². The molecule has 0 aromatic heterocycles. The maximum absolute atomic E-state index is 12.1. The Kier molecular flexibility index (Phi) is 6.20. The van der Waals surface area contributed by atoms with Gasteiger partial charge in [-0.15, -0.1) is 0 Å². The highest BCUT2D eigenvalue weighted by Crippen LogP contribution is 2.49. The first-order valence-corrected chi connectivity index (χ1v) is 7.74. The van der Waals surface area contributed by atoms with Gasteiger partial charge in [-0.3, -0.25) is 4.57 Å². The highest BCUT2D eigenvalue weighted by atomic mass is 31.2. The average Bonchev–Trinajstić information content (AvgIpc) is 2.55. The van der Waals surface area contributed by atoms with Crippen LogP contribution in [0, 0.1) is 0 Å². The highest BCUT2D eigenvalue weighted by Gasteiger charge is 2.42. The number of rotatable bonds is 7. The van der Waals surface area contributed by atoms with Crippen LogP contribution in [0.2, 0.25) is 0 Å². The lowest BCUT2D eigenvalue weighted by Crippen LogP contribution is -2.32. The molecule has 0 amide bonds. The molecular formula is C10H21O7P. The Morgan fingerprint density at radius 2 is 1.67 bits per heavy atom. The second-order valence-electron chi connectivity index (χ2n) is 4.01. The maximum atomic E-state index is 12.1. The number of hydrogen-bond donors (Lipinski definition) is 3. The Hall–Kier alpha value is -0.0100. The van der Waals surface area contributed by atoms with Crippen molar-refractivity contribution in [3.05, 3.63) is 0 Å². The molecule has 1 fully saturated rings. The third-order valence-electron chi connectivity index (χ3n) is 2.68. The van der Waals surface area contributed by atoms with Gasteiger partial charge >= 0.3 is 7.60 Å². The molecule has 1 unspecified atom stereocenters. The molecule has 0 spiro atoms. The van der Waals surface area contributed by atoms with Gasteiger partial charge in [0.1, 0.15) is 12.2 Å². The minimum atomic E-state index is -3.19. The molecule has 3 N–H and O–H groups in total. The van der Waals surface area contributed by atoms with Crippen LogP contribution in [-0.4, -0.2) is 59.3 Å². The third kappa shape index (κ3) is 3.99. The van der Waals surface area contributed by atoms with Gasteiger partial charge in [0.25, 0.3) is 0 Å². The molecule has 0 aromatic carbocycles. The fourth-order valence-electron chi connectivity index (χ4n) is 1.81. The van der Waals surface area contributed by atoms with Crippen LogP contribution in [0.5, 0.6) is 0 Å². The summed E-state index contributed by atoms with van der Waals surface area (Å²) >= 11 is 0. The van der Waals surface area contributed by atoms with Crippen LogP contribution in [0.25, 0.3) is 0 Å². The second-order valence-corrected chi connectivity index (χ2v) is 6.19. The van der Waals surface area contributed by atoms with Crippen molar-refractivity contribution in [1.82, 2.24) is 0 Å². The number of aliphatic hydroxyl groups excluding tert-OH is 3. The van der Waals surface area contributed by atoms with Gasteiger partial charge in [-0.25, -0.2) is 0 Å². The zero-order valence-electron chi connectivity index (χ0n) is 10.6. The van der Waals surface area contributed by atoms with Crippen molar-refractivity contribution >= 4 is 7.60 Å². The zero-order valence-corrected chi connectivity index (χ0v) is 11.5. The van der Waals surface area contributed by atoms with Gasteiger partial charge in [0.2, 0.25) is 0 Å². The van der Waals surface area contributed by atoms with Crippen molar-refractivity contribution in [2.75, 3.05) is 19.4 Å². The predicted octanol–water partition coefficient (Wildman–Crippen LogP) is 0.0816. The first-order valence-electron chi connectivity index (χ1n) is 6.01. The van der Waals surface area contributed by atoms with E-state index in [1.165, 1.54) is 0 Å². The summed E-state index contributed by atoms with van der Waals surface area (Å²) in [7, 11) is -3.19. The average molecular weight is 284 g/mol. The van der Waals surface area contributed by atoms with Gasteiger partial charge in [0, 0.05) is 0 Å². The molecule has 1 aliphatic rings. The van der Waals surface area contributed by atoms with E-state index >= 15 is 0 Å². The Bertz CT molecular complexity index is 288. The summed E-state index contributed by atoms with van der Waals surface area (Å²) in [6.45, 7) is 3.94. The first kappa shape index (κ1) is 16.0. The highest BCUT2D eigenvalue weighted by molar-refractivity contribution is 7.53. The Morgan fingerprint density at radius 1 is 1.11 bits per heavy atom. The van der Waals surface area contributed by atoms with Crippen LogP contribution in [0.3, 0.4) is 0 Å². The minimum absolute atomic E-state index is 0.0653. The Morgan fingerprint density at radius 3 is 2.06 bits per heavy atom. The van der Waals surface area contributed by atoms with Crippen molar-refractivity contribution in [1.29, 1.82) is 0 Å². The molecule has 0 saturated carbocycles. The second kappa shape index (κ2) is 6.96. The summed E-state index contributed by atoms with van der Waals surface area (Å²) in [6, 6.07) is 0. The molecular weight excluding hydrogens is 263 g/mol. The molecule has 0 bridgehead atoms. The molecule has 1 aliphatic heterocycles. The van der Waals surface area contributed by atoms with Crippen molar-refractivity contribution in [2.24, 2.45) is 0 Å². The largest absolute Gasteiger partial charge is 0.387 e. The number of aliphatic hydroxyl groups is 3. The number of hydrogen-bond acceptors (Lipinski definition) is 7. The van der Waals surface area contributed by atoms with Gasteiger partial charge in [0.05, 0.1) is 25.5 Å². The van der Waals surface area contributed by atoms with Crippen LogP contribution in [0.1, 0.15) is 20.3 Å². The predicted molar refractivity (Wildman–Crippen MR) is 63.2 cm³/mol. The van der Waals surface area contributed by atoms with Crippen LogP contribution in [0.4, 0.5) is 0 Å². The van der Waals surface area contributed by atoms with Gasteiger partial charge in [-0.05, 0) is 20.3 Å². The first-order chi connectivity index (χ1) is 8.43. The van der Waals surface area contributed by atoms with E-state index in [1.807, 2.05) is 0 Å². The van der Waals surface area contributed by atoms with Crippen LogP contribution < -0.4 is 0 Å². The van der Waals surface area contributed by atoms with E-state index in [-0.39, 0.29) is 25.8 Å². The zero-order chi connectivity index (χ0) is 13.8. The topological polar surface area (TPSA) is 105 Å². The standard InChI is InChI=1S/C10H21O7P/c1-3-15-18(14,16-4-2)6-5-7-8(11)9(12)10(13)17-7/h7-13H,3-6H2,1-2H3/t7-,8-,9-,10?/m1/s1. The molecule has 18 heavy (non-hydrogen) atoms. The van der Waals surface area contributed by atoms with Gasteiger partial charge in [0.15, 0.2) is 6.29 Å². The summed E-state index contributed by atoms with van der Waals surface area (Å²) < 4.78 is 27.3. The van der Waals surface area contributed by atoms with Crippen molar-refractivity contribution in [2.45, 2.75) is 44.9 Å². The molecule has 4 atom stereocenters. The van der Waals surface area contributed by atoms with Crippen LogP contribution in [-0.2, 0) is 18.3 Å². The minimum Gasteiger partial charge on any atom is -0.387 e. The van der Waals surface area contributed by atoms with Crippen LogP contribution in [0.15, 0.2) is 0 Å². The molecule has 8 heteroatoms. The molecule has 0 aromatic rings. The number of ether oxygens (including phenoxy) is 1. The van der Waals surface area contributed by atoms with E-state index in [1.54, 1.807) is 13.8 Å². The molecule has 7 nitrogen and oxygen atoms in total. The molecule has 0 aliphatic carbocycles. The summed E-state index contributed by atoms with van der Waals surface area (Å²) in [5.41, 5.74) is 0. The molecule has 108 valence electrons. The summed E-state index contributed by atoms with van der Waals surface area (Å²) in [6.07, 6.45) is -4.49. The summed E-state index contributed by atoms with van der Waals surface area (Å²) in [5, 5.41) is 28.1. The summed E-state index contributed by atoms with van der Waals surface area (Å²) in [5.74, 6) is 0. The van der Waals surface area contributed by atoms with E-state index in [0.29, 0.717) is 0 Å². The van der Waals surface area contributed by atoms with Crippen molar-refractivity contribution in [3.63, 3.8) is 0 Å². The SMILES string of the molecule is CCOP(=O)(CC[C@H]1OC(O)[C@H](O)[C@@H]1O)OCC. The smallest absolute Gasteiger partial charge is 0.330 e. The van der Waals surface area contributed by atoms with Gasteiger partial charge in [-0.1, -0.05) is 0 Å². The normalized spacial score (nSPS) is 32.9. The summed E-state index contributed by atoms with van der Waals surface area (Å²) in [4.78, 5) is 0. The molecule has 1 saturated heterocycles. The third-order valence-corrected chi connectivity index (χ3v) is 4.79. The quantitative estimate of drug-likeness (QED) is 0.568. The van der Waals surface area contributed by atoms with E-state index in [2.05, 4.69) is 0 Å². The lowest BCUT2D eigenvalue weighted by molar-refractivity contribution is -0.127. The lowest BCUT2D eigenvalue weighted by atomic mass is 10.1. The molecule has 1 rings (SSSR count). The monoisotopic (exact) mass is 284 g/mol.